The SMILES string of the molecule is CCCN(CC#N)C(=O)C1CC1c1ccccc1. The van der Waals surface area contributed by atoms with Crippen LogP contribution in [0, 0.1) is 17.2 Å². The topological polar surface area (TPSA) is 44.1 Å². The summed E-state index contributed by atoms with van der Waals surface area (Å²) >= 11 is 0. The van der Waals surface area contributed by atoms with Gasteiger partial charge in [0.2, 0.25) is 5.91 Å². The third-order valence-electron chi connectivity index (χ3n) is 3.40. The smallest absolute Gasteiger partial charge is 0.227 e. The number of carbonyl (C=O) groups is 1. The first-order valence-electron chi connectivity index (χ1n) is 6.48. The summed E-state index contributed by atoms with van der Waals surface area (Å²) in [5.74, 6) is 0.594. The molecule has 94 valence electrons. The van der Waals surface area contributed by atoms with Crippen molar-refractivity contribution >= 4 is 5.91 Å². The molecule has 1 aromatic carbocycles. The van der Waals surface area contributed by atoms with Gasteiger partial charge in [-0.25, -0.2) is 0 Å². The van der Waals surface area contributed by atoms with E-state index in [1.807, 2.05) is 25.1 Å². The lowest BCUT2D eigenvalue weighted by Gasteiger charge is -2.18. The van der Waals surface area contributed by atoms with Crippen LogP contribution in [0.3, 0.4) is 0 Å². The molecule has 0 heterocycles. The van der Waals surface area contributed by atoms with E-state index in [0.29, 0.717) is 12.5 Å². The Morgan fingerprint density at radius 3 is 2.78 bits per heavy atom. The van der Waals surface area contributed by atoms with Crippen LogP contribution < -0.4 is 0 Å². The molecule has 18 heavy (non-hydrogen) atoms. The molecule has 0 radical (unpaired) electrons. The fraction of sp³-hybridized carbons (Fsp3) is 0.467. The van der Waals surface area contributed by atoms with Crippen molar-refractivity contribution in [3.63, 3.8) is 0 Å². The van der Waals surface area contributed by atoms with Gasteiger partial charge in [-0.15, -0.1) is 0 Å². The molecule has 0 bridgehead atoms. The maximum atomic E-state index is 12.2. The predicted molar refractivity (Wildman–Crippen MR) is 69.8 cm³/mol. The lowest BCUT2D eigenvalue weighted by molar-refractivity contribution is -0.132. The third kappa shape index (κ3) is 2.70. The van der Waals surface area contributed by atoms with Crippen LogP contribution in [0.5, 0.6) is 0 Å². The number of amides is 1. The molecule has 3 nitrogen and oxygen atoms in total. The zero-order valence-electron chi connectivity index (χ0n) is 10.7. The fourth-order valence-corrected chi connectivity index (χ4v) is 2.39. The van der Waals surface area contributed by atoms with E-state index < -0.39 is 0 Å². The Morgan fingerprint density at radius 1 is 1.44 bits per heavy atom. The third-order valence-corrected chi connectivity index (χ3v) is 3.40. The molecule has 2 unspecified atom stereocenters. The second-order valence-electron chi connectivity index (χ2n) is 4.78. The van der Waals surface area contributed by atoms with Gasteiger partial charge >= 0.3 is 0 Å². The Labute approximate surface area is 108 Å². The molecule has 0 aromatic heterocycles. The maximum Gasteiger partial charge on any atom is 0.227 e. The van der Waals surface area contributed by atoms with Crippen molar-refractivity contribution in [2.45, 2.75) is 25.7 Å². The lowest BCUT2D eigenvalue weighted by atomic mass is 10.1. The molecular formula is C15H18N2O. The average Bonchev–Trinajstić information content (AvgIpc) is 3.19. The molecule has 0 aliphatic heterocycles. The Hall–Kier alpha value is -1.82. The first-order valence-corrected chi connectivity index (χ1v) is 6.48. The van der Waals surface area contributed by atoms with Crippen molar-refractivity contribution in [3.8, 4) is 6.07 Å². The number of benzene rings is 1. The van der Waals surface area contributed by atoms with Gasteiger partial charge in [0.1, 0.15) is 6.54 Å². The zero-order chi connectivity index (χ0) is 13.0. The molecule has 0 saturated heterocycles. The minimum atomic E-state index is 0.0901. The van der Waals surface area contributed by atoms with Crippen molar-refractivity contribution in [3.05, 3.63) is 35.9 Å². The van der Waals surface area contributed by atoms with Crippen LogP contribution in [0.15, 0.2) is 30.3 Å². The molecule has 1 fully saturated rings. The van der Waals surface area contributed by atoms with Crippen molar-refractivity contribution < 1.29 is 4.79 Å². The molecule has 0 N–H and O–H groups in total. The molecule has 2 atom stereocenters. The summed E-state index contributed by atoms with van der Waals surface area (Å²) in [5.41, 5.74) is 1.24. The molecule has 1 aromatic rings. The molecule has 1 saturated carbocycles. The number of rotatable bonds is 5. The standard InChI is InChI=1S/C15H18N2O/c1-2-9-17(10-8-16)15(18)14-11-13(14)12-6-4-3-5-7-12/h3-7,13-14H,2,9-11H2,1H3. The lowest BCUT2D eigenvalue weighted by Crippen LogP contribution is -2.33. The zero-order valence-corrected chi connectivity index (χ0v) is 10.7. The fourth-order valence-electron chi connectivity index (χ4n) is 2.39. The van der Waals surface area contributed by atoms with Gasteiger partial charge < -0.3 is 4.90 Å². The summed E-state index contributed by atoms with van der Waals surface area (Å²) in [4.78, 5) is 13.9. The molecule has 3 heteroatoms. The normalized spacial score (nSPS) is 21.1. The highest BCUT2D eigenvalue weighted by Crippen LogP contribution is 2.48. The van der Waals surface area contributed by atoms with E-state index in [0.717, 1.165) is 12.8 Å². The van der Waals surface area contributed by atoms with E-state index in [9.17, 15) is 4.79 Å². The number of nitriles is 1. The van der Waals surface area contributed by atoms with E-state index in [2.05, 4.69) is 18.2 Å². The first kappa shape index (κ1) is 12.6. The Balaban J connectivity index is 1.98. The van der Waals surface area contributed by atoms with E-state index in [-0.39, 0.29) is 18.4 Å². The molecular weight excluding hydrogens is 224 g/mol. The summed E-state index contributed by atoms with van der Waals surface area (Å²) in [6.45, 7) is 2.92. The van der Waals surface area contributed by atoms with E-state index in [1.165, 1.54) is 5.56 Å². The molecule has 1 aliphatic rings. The summed E-state index contributed by atoms with van der Waals surface area (Å²) < 4.78 is 0. The van der Waals surface area contributed by atoms with Crippen LogP contribution in [0.2, 0.25) is 0 Å². The van der Waals surface area contributed by atoms with E-state index in [1.54, 1.807) is 4.90 Å². The van der Waals surface area contributed by atoms with Crippen LogP contribution in [0.25, 0.3) is 0 Å². The maximum absolute atomic E-state index is 12.2. The molecule has 0 spiro atoms. The Bertz CT molecular complexity index is 449. The summed E-state index contributed by atoms with van der Waals surface area (Å²) in [6, 6.07) is 12.2. The van der Waals surface area contributed by atoms with Crippen LogP contribution in [-0.2, 0) is 4.79 Å². The van der Waals surface area contributed by atoms with Gasteiger partial charge in [-0.2, -0.15) is 5.26 Å². The second kappa shape index (κ2) is 5.68. The highest BCUT2D eigenvalue weighted by atomic mass is 16.2. The number of hydrogen-bond acceptors (Lipinski definition) is 2. The number of nitrogens with zero attached hydrogens (tertiary/aromatic N) is 2. The van der Waals surface area contributed by atoms with Gasteiger partial charge in [0.05, 0.1) is 6.07 Å². The van der Waals surface area contributed by atoms with Crippen molar-refractivity contribution in [2.75, 3.05) is 13.1 Å². The van der Waals surface area contributed by atoms with Crippen molar-refractivity contribution in [1.82, 2.24) is 4.90 Å². The van der Waals surface area contributed by atoms with Gasteiger partial charge in [0.25, 0.3) is 0 Å². The molecule has 1 aliphatic carbocycles. The van der Waals surface area contributed by atoms with Crippen molar-refractivity contribution in [1.29, 1.82) is 5.26 Å². The van der Waals surface area contributed by atoms with Crippen LogP contribution >= 0.6 is 0 Å². The minimum Gasteiger partial charge on any atom is -0.329 e. The van der Waals surface area contributed by atoms with Gasteiger partial charge in [0, 0.05) is 12.5 Å². The monoisotopic (exact) mass is 242 g/mol. The van der Waals surface area contributed by atoms with E-state index in [4.69, 9.17) is 5.26 Å². The van der Waals surface area contributed by atoms with Gasteiger partial charge in [-0.1, -0.05) is 37.3 Å². The second-order valence-corrected chi connectivity index (χ2v) is 4.78. The summed E-state index contributed by atoms with van der Waals surface area (Å²) in [7, 11) is 0. The van der Waals surface area contributed by atoms with Gasteiger partial charge in [0.15, 0.2) is 0 Å². The highest BCUT2D eigenvalue weighted by molar-refractivity contribution is 5.83. The molecule has 1 amide bonds. The van der Waals surface area contributed by atoms with Gasteiger partial charge in [-0.3, -0.25) is 4.79 Å². The first-order chi connectivity index (χ1) is 8.77. The Morgan fingerprint density at radius 2 is 2.17 bits per heavy atom. The number of carbonyl (C=O) groups excluding carboxylic acids is 1. The predicted octanol–water partition coefficient (Wildman–Crippen LogP) is 2.55. The van der Waals surface area contributed by atoms with Crippen LogP contribution in [0.1, 0.15) is 31.2 Å². The minimum absolute atomic E-state index is 0.0901. The van der Waals surface area contributed by atoms with Crippen molar-refractivity contribution in [2.24, 2.45) is 5.92 Å². The van der Waals surface area contributed by atoms with E-state index >= 15 is 0 Å². The van der Waals surface area contributed by atoms with Gasteiger partial charge in [-0.05, 0) is 24.3 Å². The number of hydrogen-bond donors (Lipinski definition) is 0. The summed E-state index contributed by atoms with van der Waals surface area (Å²) in [6.07, 6.45) is 1.82. The Kier molecular flexibility index (Phi) is 3.99. The average molecular weight is 242 g/mol. The highest BCUT2D eigenvalue weighted by Gasteiger charge is 2.45. The molecule has 2 rings (SSSR count). The van der Waals surface area contributed by atoms with Crippen LogP contribution in [0.4, 0.5) is 0 Å². The summed E-state index contributed by atoms with van der Waals surface area (Å²) in [5, 5.41) is 8.75. The largest absolute Gasteiger partial charge is 0.329 e. The van der Waals surface area contributed by atoms with Crippen LogP contribution in [-0.4, -0.2) is 23.9 Å². The quantitative estimate of drug-likeness (QED) is 0.745.